The summed E-state index contributed by atoms with van der Waals surface area (Å²) in [6.45, 7) is 3.14. The van der Waals surface area contributed by atoms with Gasteiger partial charge in [0.05, 0.1) is 12.8 Å². The molecule has 0 aliphatic heterocycles. The number of hydrogen-bond acceptors (Lipinski definition) is 3. The Kier molecular flexibility index (Phi) is 4.57. The second-order valence-electron chi connectivity index (χ2n) is 3.23. The van der Waals surface area contributed by atoms with Crippen molar-refractivity contribution in [2.24, 2.45) is 0 Å². The standard InChI is InChI=1S/C10H17NO2/c1-9(4-2-6-12)11-8-10-5-3-7-13-10/h3,5,7,9,11-12H,2,4,6,8H2,1H3/t9-/m1/s1. The average molecular weight is 183 g/mol. The average Bonchev–Trinajstić information content (AvgIpc) is 2.64. The van der Waals surface area contributed by atoms with Gasteiger partial charge in [0.2, 0.25) is 0 Å². The summed E-state index contributed by atoms with van der Waals surface area (Å²) in [7, 11) is 0. The highest BCUT2D eigenvalue weighted by Crippen LogP contribution is 2.01. The van der Waals surface area contributed by atoms with E-state index < -0.39 is 0 Å². The smallest absolute Gasteiger partial charge is 0.117 e. The fourth-order valence-corrected chi connectivity index (χ4v) is 1.19. The van der Waals surface area contributed by atoms with Crippen LogP contribution >= 0.6 is 0 Å². The molecule has 3 nitrogen and oxygen atoms in total. The molecule has 74 valence electrons. The first-order valence-electron chi connectivity index (χ1n) is 4.69. The predicted molar refractivity (Wildman–Crippen MR) is 51.3 cm³/mol. The molecule has 0 saturated heterocycles. The third kappa shape index (κ3) is 4.10. The van der Waals surface area contributed by atoms with E-state index in [0.29, 0.717) is 6.04 Å². The van der Waals surface area contributed by atoms with Crippen molar-refractivity contribution in [3.05, 3.63) is 24.2 Å². The van der Waals surface area contributed by atoms with E-state index in [-0.39, 0.29) is 6.61 Å². The van der Waals surface area contributed by atoms with Crippen LogP contribution in [0.25, 0.3) is 0 Å². The normalized spacial score (nSPS) is 13.1. The Morgan fingerprint density at radius 2 is 2.46 bits per heavy atom. The van der Waals surface area contributed by atoms with Crippen molar-refractivity contribution in [1.29, 1.82) is 0 Å². The zero-order chi connectivity index (χ0) is 9.52. The maximum Gasteiger partial charge on any atom is 0.117 e. The predicted octanol–water partition coefficient (Wildman–Crippen LogP) is 1.53. The van der Waals surface area contributed by atoms with Crippen LogP contribution in [0, 0.1) is 0 Å². The van der Waals surface area contributed by atoms with Crippen LogP contribution in [-0.4, -0.2) is 17.8 Å². The minimum absolute atomic E-state index is 0.271. The van der Waals surface area contributed by atoms with Gasteiger partial charge in [-0.15, -0.1) is 0 Å². The molecule has 0 fully saturated rings. The van der Waals surface area contributed by atoms with Gasteiger partial charge in [-0.25, -0.2) is 0 Å². The molecule has 1 rings (SSSR count). The molecule has 0 aromatic carbocycles. The Morgan fingerprint density at radius 1 is 1.62 bits per heavy atom. The number of hydrogen-bond donors (Lipinski definition) is 2. The molecule has 1 heterocycles. The van der Waals surface area contributed by atoms with E-state index >= 15 is 0 Å². The Morgan fingerprint density at radius 3 is 3.08 bits per heavy atom. The lowest BCUT2D eigenvalue weighted by atomic mass is 10.2. The molecule has 0 aliphatic rings. The van der Waals surface area contributed by atoms with Gasteiger partial charge in [0, 0.05) is 12.6 Å². The minimum atomic E-state index is 0.271. The van der Waals surface area contributed by atoms with Crippen LogP contribution < -0.4 is 5.32 Å². The monoisotopic (exact) mass is 183 g/mol. The number of rotatable bonds is 6. The molecule has 0 radical (unpaired) electrons. The maximum absolute atomic E-state index is 8.62. The van der Waals surface area contributed by atoms with Crippen molar-refractivity contribution in [3.8, 4) is 0 Å². The number of aliphatic hydroxyl groups is 1. The molecule has 13 heavy (non-hydrogen) atoms. The van der Waals surface area contributed by atoms with Crippen molar-refractivity contribution in [2.45, 2.75) is 32.4 Å². The topological polar surface area (TPSA) is 45.4 Å². The second-order valence-corrected chi connectivity index (χ2v) is 3.23. The van der Waals surface area contributed by atoms with Crippen LogP contribution in [0.3, 0.4) is 0 Å². The molecule has 0 unspecified atom stereocenters. The van der Waals surface area contributed by atoms with Gasteiger partial charge in [-0.2, -0.15) is 0 Å². The molecular formula is C10H17NO2. The van der Waals surface area contributed by atoms with Crippen LogP contribution in [-0.2, 0) is 6.54 Å². The molecule has 0 bridgehead atoms. The van der Waals surface area contributed by atoms with Crippen LogP contribution in [0.5, 0.6) is 0 Å². The van der Waals surface area contributed by atoms with E-state index in [1.165, 1.54) is 0 Å². The SMILES string of the molecule is C[C@H](CCCO)NCc1ccco1. The van der Waals surface area contributed by atoms with Crippen LogP contribution in [0.2, 0.25) is 0 Å². The van der Waals surface area contributed by atoms with Gasteiger partial charge < -0.3 is 14.8 Å². The van der Waals surface area contributed by atoms with Gasteiger partial charge in [-0.05, 0) is 31.9 Å². The van der Waals surface area contributed by atoms with Crippen LogP contribution in [0.1, 0.15) is 25.5 Å². The fourth-order valence-electron chi connectivity index (χ4n) is 1.19. The lowest BCUT2D eigenvalue weighted by molar-refractivity contribution is 0.275. The van der Waals surface area contributed by atoms with Crippen LogP contribution in [0.4, 0.5) is 0 Å². The van der Waals surface area contributed by atoms with E-state index in [0.717, 1.165) is 25.1 Å². The highest BCUT2D eigenvalue weighted by Gasteiger charge is 2.01. The van der Waals surface area contributed by atoms with Crippen molar-refractivity contribution in [2.75, 3.05) is 6.61 Å². The van der Waals surface area contributed by atoms with Gasteiger partial charge in [0.1, 0.15) is 5.76 Å². The number of nitrogens with one attached hydrogen (secondary N) is 1. The first-order valence-corrected chi connectivity index (χ1v) is 4.69. The van der Waals surface area contributed by atoms with E-state index in [2.05, 4.69) is 12.2 Å². The summed E-state index contributed by atoms with van der Waals surface area (Å²) in [5.74, 6) is 0.954. The molecule has 0 aliphatic carbocycles. The maximum atomic E-state index is 8.62. The first kappa shape index (κ1) is 10.3. The number of furan rings is 1. The molecule has 1 aromatic heterocycles. The molecule has 2 N–H and O–H groups in total. The van der Waals surface area contributed by atoms with Gasteiger partial charge in [-0.1, -0.05) is 0 Å². The zero-order valence-electron chi connectivity index (χ0n) is 7.99. The lowest BCUT2D eigenvalue weighted by Gasteiger charge is -2.11. The van der Waals surface area contributed by atoms with Crippen molar-refractivity contribution in [1.82, 2.24) is 5.32 Å². The molecule has 1 aromatic rings. The quantitative estimate of drug-likeness (QED) is 0.703. The summed E-state index contributed by atoms with van der Waals surface area (Å²) < 4.78 is 5.18. The Bertz CT molecular complexity index is 209. The third-order valence-corrected chi connectivity index (χ3v) is 2.00. The zero-order valence-corrected chi connectivity index (χ0v) is 7.99. The summed E-state index contributed by atoms with van der Waals surface area (Å²) in [6.07, 6.45) is 3.53. The van der Waals surface area contributed by atoms with Gasteiger partial charge in [0.15, 0.2) is 0 Å². The molecular weight excluding hydrogens is 166 g/mol. The highest BCUT2D eigenvalue weighted by molar-refractivity contribution is 4.97. The fraction of sp³-hybridized carbons (Fsp3) is 0.600. The Hall–Kier alpha value is -0.800. The summed E-state index contributed by atoms with van der Waals surface area (Å²) in [4.78, 5) is 0. The van der Waals surface area contributed by atoms with Gasteiger partial charge >= 0.3 is 0 Å². The van der Waals surface area contributed by atoms with E-state index in [1.807, 2.05) is 12.1 Å². The summed E-state index contributed by atoms with van der Waals surface area (Å²) in [5, 5.41) is 11.9. The summed E-state index contributed by atoms with van der Waals surface area (Å²) in [6, 6.07) is 4.26. The lowest BCUT2D eigenvalue weighted by Crippen LogP contribution is -2.25. The number of aliphatic hydroxyl groups excluding tert-OH is 1. The van der Waals surface area contributed by atoms with Gasteiger partial charge in [-0.3, -0.25) is 0 Å². The Balaban J connectivity index is 2.11. The first-order chi connectivity index (χ1) is 6.33. The molecule has 0 saturated carbocycles. The van der Waals surface area contributed by atoms with Crippen molar-refractivity contribution in [3.63, 3.8) is 0 Å². The van der Waals surface area contributed by atoms with E-state index in [1.54, 1.807) is 6.26 Å². The van der Waals surface area contributed by atoms with Crippen molar-refractivity contribution >= 4 is 0 Å². The van der Waals surface area contributed by atoms with Crippen molar-refractivity contribution < 1.29 is 9.52 Å². The molecule has 3 heteroatoms. The van der Waals surface area contributed by atoms with E-state index in [4.69, 9.17) is 9.52 Å². The Labute approximate surface area is 78.8 Å². The largest absolute Gasteiger partial charge is 0.468 e. The molecule has 1 atom stereocenters. The van der Waals surface area contributed by atoms with E-state index in [9.17, 15) is 0 Å². The van der Waals surface area contributed by atoms with Gasteiger partial charge in [0.25, 0.3) is 0 Å². The second kappa shape index (κ2) is 5.78. The third-order valence-electron chi connectivity index (χ3n) is 2.00. The minimum Gasteiger partial charge on any atom is -0.468 e. The molecule has 0 amide bonds. The highest BCUT2D eigenvalue weighted by atomic mass is 16.3. The summed E-state index contributed by atoms with van der Waals surface area (Å²) >= 11 is 0. The van der Waals surface area contributed by atoms with Crippen LogP contribution in [0.15, 0.2) is 22.8 Å². The summed E-state index contributed by atoms with van der Waals surface area (Å²) in [5.41, 5.74) is 0. The molecule has 0 spiro atoms.